The molecule has 0 saturated heterocycles. The third-order valence-corrected chi connectivity index (χ3v) is 3.47. The molecule has 0 aliphatic heterocycles. The number of rotatable bonds is 4. The lowest BCUT2D eigenvalue weighted by molar-refractivity contribution is 0.628. The lowest BCUT2D eigenvalue weighted by atomic mass is 10.2. The van der Waals surface area contributed by atoms with E-state index in [4.69, 9.17) is 0 Å². The van der Waals surface area contributed by atoms with Crippen molar-refractivity contribution in [2.24, 2.45) is 0 Å². The molecule has 0 amide bonds. The molecule has 1 aromatic carbocycles. The van der Waals surface area contributed by atoms with Crippen molar-refractivity contribution >= 4 is 17.3 Å². The van der Waals surface area contributed by atoms with E-state index in [-0.39, 0.29) is 5.82 Å². The smallest absolute Gasteiger partial charge is 0.135 e. The lowest BCUT2D eigenvalue weighted by Gasteiger charge is -2.13. The van der Waals surface area contributed by atoms with Crippen molar-refractivity contribution in [3.8, 4) is 0 Å². The predicted molar refractivity (Wildman–Crippen MR) is 77.6 cm³/mol. The van der Waals surface area contributed by atoms with Gasteiger partial charge in [-0.05, 0) is 31.0 Å². The molecule has 1 fully saturated rings. The fourth-order valence-electron chi connectivity index (χ4n) is 2.50. The predicted octanol–water partition coefficient (Wildman–Crippen LogP) is 3.71. The molecule has 1 aromatic heterocycles. The minimum Gasteiger partial charge on any atom is -0.367 e. The Morgan fingerprint density at radius 1 is 1.05 bits per heavy atom. The van der Waals surface area contributed by atoms with E-state index in [0.29, 0.717) is 17.5 Å². The van der Waals surface area contributed by atoms with Crippen LogP contribution >= 0.6 is 0 Å². The molecule has 2 aromatic rings. The van der Waals surface area contributed by atoms with Gasteiger partial charge in [0.1, 0.15) is 23.8 Å². The van der Waals surface area contributed by atoms with Gasteiger partial charge in [-0.25, -0.2) is 14.4 Å². The molecule has 1 saturated carbocycles. The molecule has 2 N–H and O–H groups in total. The van der Waals surface area contributed by atoms with Gasteiger partial charge in [-0.2, -0.15) is 0 Å². The van der Waals surface area contributed by atoms with Gasteiger partial charge in [0.15, 0.2) is 0 Å². The maximum absolute atomic E-state index is 13.1. The summed E-state index contributed by atoms with van der Waals surface area (Å²) in [5, 5.41) is 6.49. The molecular weight excluding hydrogens is 255 g/mol. The van der Waals surface area contributed by atoms with E-state index >= 15 is 0 Å². The first-order chi connectivity index (χ1) is 9.79. The van der Waals surface area contributed by atoms with Gasteiger partial charge in [-0.1, -0.05) is 18.9 Å². The van der Waals surface area contributed by atoms with Crippen LogP contribution in [0.5, 0.6) is 0 Å². The largest absolute Gasteiger partial charge is 0.367 e. The average Bonchev–Trinajstić information content (AvgIpc) is 2.92. The molecular formula is C15H17FN4. The lowest BCUT2D eigenvalue weighted by Crippen LogP contribution is -2.15. The molecule has 0 spiro atoms. The topological polar surface area (TPSA) is 49.8 Å². The zero-order chi connectivity index (χ0) is 13.8. The van der Waals surface area contributed by atoms with E-state index < -0.39 is 0 Å². The van der Waals surface area contributed by atoms with Gasteiger partial charge in [0.05, 0.1) is 0 Å². The molecule has 1 aliphatic carbocycles. The number of nitrogens with zero attached hydrogens (tertiary/aromatic N) is 2. The summed E-state index contributed by atoms with van der Waals surface area (Å²) in [6, 6.07) is 8.67. The van der Waals surface area contributed by atoms with Crippen LogP contribution in [0.3, 0.4) is 0 Å². The van der Waals surface area contributed by atoms with Gasteiger partial charge in [-0.15, -0.1) is 0 Å². The van der Waals surface area contributed by atoms with E-state index in [2.05, 4.69) is 20.6 Å². The van der Waals surface area contributed by atoms with Crippen molar-refractivity contribution in [1.29, 1.82) is 0 Å². The number of halogens is 1. The molecule has 0 radical (unpaired) electrons. The number of benzene rings is 1. The fourth-order valence-corrected chi connectivity index (χ4v) is 2.50. The molecule has 0 bridgehead atoms. The van der Waals surface area contributed by atoms with Crippen molar-refractivity contribution in [3.63, 3.8) is 0 Å². The Hall–Kier alpha value is -2.17. The summed E-state index contributed by atoms with van der Waals surface area (Å²) in [5.74, 6) is 1.20. The summed E-state index contributed by atoms with van der Waals surface area (Å²) in [4.78, 5) is 8.38. The second-order valence-electron chi connectivity index (χ2n) is 5.05. The maximum Gasteiger partial charge on any atom is 0.135 e. The minimum absolute atomic E-state index is 0.270. The monoisotopic (exact) mass is 272 g/mol. The van der Waals surface area contributed by atoms with Crippen molar-refractivity contribution in [2.45, 2.75) is 31.7 Å². The first-order valence-electron chi connectivity index (χ1n) is 6.91. The summed E-state index contributed by atoms with van der Waals surface area (Å²) in [7, 11) is 0. The van der Waals surface area contributed by atoms with Crippen LogP contribution in [0.15, 0.2) is 36.7 Å². The van der Waals surface area contributed by atoms with Crippen LogP contribution in [0.25, 0.3) is 0 Å². The van der Waals surface area contributed by atoms with Crippen molar-refractivity contribution in [3.05, 3.63) is 42.5 Å². The standard InChI is InChI=1S/C15H17FN4/c16-11-4-3-7-13(8-11)20-15-9-14(17-10-18-15)19-12-5-1-2-6-12/h3-4,7-10,12H,1-2,5-6H2,(H2,17,18,19,20). The summed E-state index contributed by atoms with van der Waals surface area (Å²) in [6.45, 7) is 0. The third kappa shape index (κ3) is 3.23. The molecule has 4 nitrogen and oxygen atoms in total. The van der Waals surface area contributed by atoms with Crippen molar-refractivity contribution < 1.29 is 4.39 Å². The number of hydrogen-bond donors (Lipinski definition) is 2. The van der Waals surface area contributed by atoms with Crippen LogP contribution in [0.1, 0.15) is 25.7 Å². The highest BCUT2D eigenvalue weighted by molar-refractivity contribution is 5.58. The van der Waals surface area contributed by atoms with Crippen LogP contribution in [0.4, 0.5) is 21.7 Å². The summed E-state index contributed by atoms with van der Waals surface area (Å²) < 4.78 is 13.1. The third-order valence-electron chi connectivity index (χ3n) is 3.47. The van der Waals surface area contributed by atoms with Gasteiger partial charge >= 0.3 is 0 Å². The zero-order valence-corrected chi connectivity index (χ0v) is 11.1. The normalized spacial score (nSPS) is 15.2. The Morgan fingerprint density at radius 3 is 2.65 bits per heavy atom. The highest BCUT2D eigenvalue weighted by Crippen LogP contribution is 2.22. The van der Waals surface area contributed by atoms with E-state index in [1.54, 1.807) is 12.1 Å². The van der Waals surface area contributed by atoms with Crippen molar-refractivity contribution in [1.82, 2.24) is 9.97 Å². The Kier molecular flexibility index (Phi) is 3.76. The second-order valence-corrected chi connectivity index (χ2v) is 5.05. The molecule has 3 rings (SSSR count). The van der Waals surface area contributed by atoms with Crippen LogP contribution < -0.4 is 10.6 Å². The molecule has 0 unspecified atom stereocenters. The van der Waals surface area contributed by atoms with Crippen molar-refractivity contribution in [2.75, 3.05) is 10.6 Å². The maximum atomic E-state index is 13.1. The highest BCUT2D eigenvalue weighted by atomic mass is 19.1. The highest BCUT2D eigenvalue weighted by Gasteiger charge is 2.15. The van der Waals surface area contributed by atoms with Gasteiger partial charge in [0.2, 0.25) is 0 Å². The first kappa shape index (κ1) is 12.8. The average molecular weight is 272 g/mol. The van der Waals surface area contributed by atoms with Gasteiger partial charge < -0.3 is 10.6 Å². The Balaban J connectivity index is 1.70. The molecule has 1 aliphatic rings. The summed E-state index contributed by atoms with van der Waals surface area (Å²) in [6.07, 6.45) is 6.44. The number of nitrogens with one attached hydrogen (secondary N) is 2. The molecule has 20 heavy (non-hydrogen) atoms. The molecule has 5 heteroatoms. The zero-order valence-electron chi connectivity index (χ0n) is 11.1. The number of hydrogen-bond acceptors (Lipinski definition) is 4. The van der Waals surface area contributed by atoms with Crippen LogP contribution in [-0.4, -0.2) is 16.0 Å². The summed E-state index contributed by atoms with van der Waals surface area (Å²) >= 11 is 0. The first-order valence-corrected chi connectivity index (χ1v) is 6.91. The number of anilines is 3. The Bertz CT molecular complexity index is 582. The van der Waals surface area contributed by atoms with E-state index in [1.807, 2.05) is 6.07 Å². The summed E-state index contributed by atoms with van der Waals surface area (Å²) in [5.41, 5.74) is 0.676. The number of aromatic nitrogens is 2. The minimum atomic E-state index is -0.270. The molecule has 1 heterocycles. The molecule has 104 valence electrons. The Morgan fingerprint density at radius 2 is 1.85 bits per heavy atom. The van der Waals surface area contributed by atoms with E-state index in [9.17, 15) is 4.39 Å². The SMILES string of the molecule is Fc1cccc(Nc2cc(NC3CCCC3)ncn2)c1. The molecule has 0 atom stereocenters. The van der Waals surface area contributed by atoms with Crippen LogP contribution in [-0.2, 0) is 0 Å². The van der Waals surface area contributed by atoms with Crippen LogP contribution in [0.2, 0.25) is 0 Å². The van der Waals surface area contributed by atoms with Gasteiger partial charge in [0.25, 0.3) is 0 Å². The Labute approximate surface area is 117 Å². The van der Waals surface area contributed by atoms with E-state index in [0.717, 1.165) is 5.82 Å². The van der Waals surface area contributed by atoms with Gasteiger partial charge in [-0.3, -0.25) is 0 Å². The van der Waals surface area contributed by atoms with Gasteiger partial charge in [0, 0.05) is 17.8 Å². The van der Waals surface area contributed by atoms with E-state index in [1.165, 1.54) is 44.1 Å². The second kappa shape index (κ2) is 5.86. The van der Waals surface area contributed by atoms with Crippen LogP contribution in [0, 0.1) is 5.82 Å². The fraction of sp³-hybridized carbons (Fsp3) is 0.333. The quantitative estimate of drug-likeness (QED) is 0.890.